The highest BCUT2D eigenvalue weighted by Gasteiger charge is 2.19. The molecule has 0 fully saturated rings. The molecule has 0 atom stereocenters. The standard InChI is InChI=1S/C61H39N7/c62-40-41-19-16-26-45(37-41)52-33-12-15-36-55(52)61-67-58(44-24-8-3-9-25-44)66-60(68-61)49-30-18-28-47(39-49)51-32-11-14-35-54(51)53-34-13-10-31-50(53)46-27-17-29-48(38-46)59-64-56(42-20-4-1-5-21-42)63-57(65-59)43-22-6-2-7-23-43/h1-39H. The summed E-state index contributed by atoms with van der Waals surface area (Å²) in [7, 11) is 0. The topological polar surface area (TPSA) is 101 Å². The molecule has 0 aliphatic rings. The average Bonchev–Trinajstić information content (AvgIpc) is 3.43. The van der Waals surface area contributed by atoms with Crippen LogP contribution in [0.2, 0.25) is 0 Å². The molecular weight excluding hydrogens is 831 g/mol. The lowest BCUT2D eigenvalue weighted by Gasteiger charge is -2.16. The van der Waals surface area contributed by atoms with Crippen molar-refractivity contribution in [2.45, 2.75) is 0 Å². The van der Waals surface area contributed by atoms with E-state index in [4.69, 9.17) is 29.9 Å². The van der Waals surface area contributed by atoms with Crippen molar-refractivity contribution in [1.82, 2.24) is 29.9 Å². The van der Waals surface area contributed by atoms with Crippen LogP contribution in [0.4, 0.5) is 0 Å². The maximum Gasteiger partial charge on any atom is 0.164 e. The van der Waals surface area contributed by atoms with Gasteiger partial charge in [0.2, 0.25) is 0 Å². The maximum absolute atomic E-state index is 9.71. The summed E-state index contributed by atoms with van der Waals surface area (Å²) in [6.07, 6.45) is 0. The fourth-order valence-corrected chi connectivity index (χ4v) is 8.56. The Morgan fingerprint density at radius 2 is 0.500 bits per heavy atom. The van der Waals surface area contributed by atoms with Crippen LogP contribution < -0.4 is 0 Å². The van der Waals surface area contributed by atoms with Crippen LogP contribution in [-0.4, -0.2) is 29.9 Å². The second-order valence-corrected chi connectivity index (χ2v) is 16.2. The van der Waals surface area contributed by atoms with Gasteiger partial charge < -0.3 is 0 Å². The summed E-state index contributed by atoms with van der Waals surface area (Å²) in [5.41, 5.74) is 14.1. The quantitative estimate of drug-likeness (QED) is 0.135. The monoisotopic (exact) mass is 869 g/mol. The molecule has 0 amide bonds. The van der Waals surface area contributed by atoms with Crippen LogP contribution in [0.25, 0.3) is 113 Å². The van der Waals surface area contributed by atoms with E-state index in [-0.39, 0.29) is 0 Å². The molecule has 9 aromatic carbocycles. The molecule has 0 unspecified atom stereocenters. The van der Waals surface area contributed by atoms with Gasteiger partial charge in [-0.05, 0) is 68.8 Å². The van der Waals surface area contributed by atoms with Gasteiger partial charge >= 0.3 is 0 Å². The van der Waals surface area contributed by atoms with Gasteiger partial charge in [-0.2, -0.15) is 5.26 Å². The van der Waals surface area contributed by atoms with Crippen molar-refractivity contribution < 1.29 is 0 Å². The fraction of sp³-hybridized carbons (Fsp3) is 0. The lowest BCUT2D eigenvalue weighted by atomic mass is 9.88. The zero-order valence-electron chi connectivity index (χ0n) is 36.6. The number of hydrogen-bond acceptors (Lipinski definition) is 7. The summed E-state index contributed by atoms with van der Waals surface area (Å²) in [5, 5.41) is 9.71. The van der Waals surface area contributed by atoms with E-state index in [1.54, 1.807) is 0 Å². The SMILES string of the molecule is N#Cc1cccc(-c2ccccc2-c2nc(-c3ccccc3)nc(-c3cccc(-c4ccccc4-c4ccccc4-c4cccc(-c5nc(-c6ccccc6)nc(-c6ccccc6)n5)c4)c3)n2)c1. The van der Waals surface area contributed by atoms with Crippen molar-refractivity contribution in [3.63, 3.8) is 0 Å². The number of nitriles is 1. The molecule has 7 heteroatoms. The lowest BCUT2D eigenvalue weighted by Crippen LogP contribution is -2.01. The molecule has 0 radical (unpaired) electrons. The molecule has 318 valence electrons. The zero-order valence-corrected chi connectivity index (χ0v) is 36.6. The largest absolute Gasteiger partial charge is 0.208 e. The van der Waals surface area contributed by atoms with Gasteiger partial charge in [-0.1, -0.05) is 212 Å². The Bertz CT molecular complexity index is 3580. The van der Waals surface area contributed by atoms with E-state index in [0.29, 0.717) is 40.5 Å². The first-order chi connectivity index (χ1) is 33.6. The molecule has 0 aliphatic heterocycles. The van der Waals surface area contributed by atoms with Gasteiger partial charge in [-0.25, -0.2) is 29.9 Å². The molecule has 11 aromatic rings. The predicted molar refractivity (Wildman–Crippen MR) is 272 cm³/mol. The molecule has 0 saturated heterocycles. The van der Waals surface area contributed by atoms with E-state index in [1.165, 1.54) is 0 Å². The van der Waals surface area contributed by atoms with Crippen molar-refractivity contribution >= 4 is 0 Å². The third kappa shape index (κ3) is 8.45. The molecule has 0 aliphatic carbocycles. The van der Waals surface area contributed by atoms with Crippen molar-refractivity contribution in [2.24, 2.45) is 0 Å². The molecule has 11 rings (SSSR count). The summed E-state index contributed by atoms with van der Waals surface area (Å²) >= 11 is 0. The van der Waals surface area contributed by atoms with E-state index < -0.39 is 0 Å². The number of aromatic nitrogens is 6. The minimum atomic E-state index is 0.540. The Morgan fingerprint density at radius 1 is 0.221 bits per heavy atom. The third-order valence-electron chi connectivity index (χ3n) is 11.8. The van der Waals surface area contributed by atoms with Gasteiger partial charge in [0, 0.05) is 33.4 Å². The highest BCUT2D eigenvalue weighted by Crippen LogP contribution is 2.40. The molecular formula is C61H39N7. The summed E-state index contributed by atoms with van der Waals surface area (Å²) in [4.78, 5) is 30.3. The van der Waals surface area contributed by atoms with E-state index in [2.05, 4.69) is 103 Å². The number of benzene rings is 9. The number of hydrogen-bond donors (Lipinski definition) is 0. The van der Waals surface area contributed by atoms with Gasteiger partial charge in [0.1, 0.15) is 0 Å². The predicted octanol–water partition coefficient (Wildman–Crippen LogP) is 14.6. The maximum atomic E-state index is 9.71. The van der Waals surface area contributed by atoms with Crippen molar-refractivity contribution in [1.29, 1.82) is 5.26 Å². The van der Waals surface area contributed by atoms with Crippen LogP contribution in [0, 0.1) is 11.3 Å². The van der Waals surface area contributed by atoms with E-state index in [1.807, 2.05) is 140 Å². The smallest absolute Gasteiger partial charge is 0.164 e. The Hall–Kier alpha value is -9.51. The summed E-state index contributed by atoms with van der Waals surface area (Å²) < 4.78 is 0. The van der Waals surface area contributed by atoms with Crippen molar-refractivity contribution in [2.75, 3.05) is 0 Å². The lowest BCUT2D eigenvalue weighted by molar-refractivity contribution is 1.07. The molecule has 7 nitrogen and oxygen atoms in total. The molecule has 2 heterocycles. The van der Waals surface area contributed by atoms with Crippen LogP contribution in [0.1, 0.15) is 5.56 Å². The van der Waals surface area contributed by atoms with Crippen LogP contribution in [0.3, 0.4) is 0 Å². The van der Waals surface area contributed by atoms with Crippen molar-refractivity contribution in [3.8, 4) is 119 Å². The Kier molecular flexibility index (Phi) is 11.2. The summed E-state index contributed by atoms with van der Waals surface area (Å²) in [6.45, 7) is 0. The van der Waals surface area contributed by atoms with E-state index in [0.717, 1.165) is 77.9 Å². The summed E-state index contributed by atoms with van der Waals surface area (Å²) in [5.74, 6) is 3.50. The molecule has 0 spiro atoms. The average molecular weight is 870 g/mol. The van der Waals surface area contributed by atoms with E-state index >= 15 is 0 Å². The number of rotatable bonds is 10. The second kappa shape index (κ2) is 18.5. The van der Waals surface area contributed by atoms with Crippen LogP contribution >= 0.6 is 0 Å². The highest BCUT2D eigenvalue weighted by atomic mass is 15.0. The van der Waals surface area contributed by atoms with Crippen molar-refractivity contribution in [3.05, 3.63) is 242 Å². The molecule has 0 N–H and O–H groups in total. The normalized spacial score (nSPS) is 10.9. The Balaban J connectivity index is 0.996. The minimum absolute atomic E-state index is 0.540. The van der Waals surface area contributed by atoms with Crippen LogP contribution in [0.5, 0.6) is 0 Å². The van der Waals surface area contributed by atoms with Gasteiger partial charge in [-0.15, -0.1) is 0 Å². The van der Waals surface area contributed by atoms with Gasteiger partial charge in [0.05, 0.1) is 11.6 Å². The molecule has 2 aromatic heterocycles. The first-order valence-corrected chi connectivity index (χ1v) is 22.3. The van der Waals surface area contributed by atoms with E-state index in [9.17, 15) is 5.26 Å². The highest BCUT2D eigenvalue weighted by molar-refractivity contribution is 5.93. The fourth-order valence-electron chi connectivity index (χ4n) is 8.56. The van der Waals surface area contributed by atoms with Gasteiger partial charge in [0.25, 0.3) is 0 Å². The Labute approximate surface area is 394 Å². The second-order valence-electron chi connectivity index (χ2n) is 16.2. The minimum Gasteiger partial charge on any atom is -0.208 e. The van der Waals surface area contributed by atoms with Crippen LogP contribution in [-0.2, 0) is 0 Å². The molecule has 0 saturated carbocycles. The first kappa shape index (κ1) is 41.2. The number of nitrogens with zero attached hydrogens (tertiary/aromatic N) is 7. The van der Waals surface area contributed by atoms with Gasteiger partial charge in [0.15, 0.2) is 34.9 Å². The Morgan fingerprint density at radius 3 is 0.912 bits per heavy atom. The summed E-state index contributed by atoms with van der Waals surface area (Å²) in [6, 6.07) is 81.9. The first-order valence-electron chi connectivity index (χ1n) is 22.3. The molecule has 68 heavy (non-hydrogen) atoms. The van der Waals surface area contributed by atoms with Gasteiger partial charge in [-0.3, -0.25) is 0 Å². The zero-order chi connectivity index (χ0) is 45.7. The molecule has 0 bridgehead atoms. The third-order valence-corrected chi connectivity index (χ3v) is 11.8. The van der Waals surface area contributed by atoms with Crippen LogP contribution in [0.15, 0.2) is 237 Å².